The molecule has 0 radical (unpaired) electrons. The normalized spacial score (nSPS) is 13.3. The van der Waals surface area contributed by atoms with Crippen LogP contribution in [0, 0.1) is 0 Å². The number of nitrogens with zero attached hydrogens (tertiary/aromatic N) is 2. The first-order chi connectivity index (χ1) is 22.1. The summed E-state index contributed by atoms with van der Waals surface area (Å²) in [7, 11) is 0. The Kier molecular flexibility index (Phi) is 5.58. The predicted molar refractivity (Wildman–Crippen MR) is 191 cm³/mol. The van der Waals surface area contributed by atoms with E-state index in [4.69, 9.17) is 0 Å². The zero-order chi connectivity index (χ0) is 30.1. The second-order valence-electron chi connectivity index (χ2n) is 12.7. The van der Waals surface area contributed by atoms with Gasteiger partial charge in [-0.25, -0.2) is 0 Å². The summed E-state index contributed by atoms with van der Waals surface area (Å²) in [6.07, 6.45) is 0. The van der Waals surface area contributed by atoms with Gasteiger partial charge in [0.2, 0.25) is 0 Å². The Bertz CT molecular complexity index is 2400. The smallest absolute Gasteiger partial charge is 0.0542 e. The standard InChI is InChI=1S/C43H32N2/c1-43(2)39-19-11-9-17-35(39)37-26-29-21-22-33(25-30(29)27-40(37)43)44(31-13-5-3-6-14-31)34-23-24-42-38(28-34)36-18-10-12-20-41(36)45(42)32-15-7-4-8-16-32/h3-28H,1-2H3. The molecule has 7 aromatic carbocycles. The van der Waals surface area contributed by atoms with Crippen molar-refractivity contribution in [3.63, 3.8) is 0 Å². The Balaban J connectivity index is 1.24. The van der Waals surface area contributed by atoms with Crippen LogP contribution < -0.4 is 4.90 Å². The van der Waals surface area contributed by atoms with Crippen molar-refractivity contribution in [3.8, 4) is 16.8 Å². The minimum Gasteiger partial charge on any atom is -0.310 e. The Morgan fingerprint density at radius 1 is 0.444 bits per heavy atom. The highest BCUT2D eigenvalue weighted by Crippen LogP contribution is 2.50. The Hall–Kier alpha value is -5.60. The molecule has 1 aliphatic carbocycles. The number of aromatic nitrogens is 1. The van der Waals surface area contributed by atoms with Crippen LogP contribution >= 0.6 is 0 Å². The molecule has 9 rings (SSSR count). The van der Waals surface area contributed by atoms with E-state index < -0.39 is 0 Å². The lowest BCUT2D eigenvalue weighted by Crippen LogP contribution is -2.14. The lowest BCUT2D eigenvalue weighted by atomic mass is 9.82. The van der Waals surface area contributed by atoms with E-state index in [1.807, 2.05) is 0 Å². The molecule has 0 fully saturated rings. The van der Waals surface area contributed by atoms with Crippen molar-refractivity contribution in [1.29, 1.82) is 0 Å². The fourth-order valence-electron chi connectivity index (χ4n) is 7.55. The Labute approximate surface area is 263 Å². The quantitative estimate of drug-likeness (QED) is 0.202. The van der Waals surface area contributed by atoms with Crippen molar-refractivity contribution in [1.82, 2.24) is 4.57 Å². The zero-order valence-electron chi connectivity index (χ0n) is 25.4. The van der Waals surface area contributed by atoms with E-state index in [9.17, 15) is 0 Å². The van der Waals surface area contributed by atoms with Crippen LogP contribution in [-0.4, -0.2) is 4.57 Å². The summed E-state index contributed by atoms with van der Waals surface area (Å²) in [6.45, 7) is 4.70. The maximum atomic E-state index is 2.42. The topological polar surface area (TPSA) is 8.17 Å². The second kappa shape index (κ2) is 9.70. The summed E-state index contributed by atoms with van der Waals surface area (Å²) in [6, 6.07) is 57.6. The van der Waals surface area contributed by atoms with Gasteiger partial charge in [-0.05, 0) is 106 Å². The molecule has 0 bridgehead atoms. The average Bonchev–Trinajstić information content (AvgIpc) is 3.53. The van der Waals surface area contributed by atoms with Gasteiger partial charge in [0.25, 0.3) is 0 Å². The van der Waals surface area contributed by atoms with Gasteiger partial charge in [-0.1, -0.05) is 98.8 Å². The van der Waals surface area contributed by atoms with Crippen LogP contribution in [0.4, 0.5) is 17.1 Å². The monoisotopic (exact) mass is 576 g/mol. The summed E-state index contributed by atoms with van der Waals surface area (Å²) in [4.78, 5) is 2.39. The van der Waals surface area contributed by atoms with E-state index >= 15 is 0 Å². The minimum absolute atomic E-state index is 0.0345. The van der Waals surface area contributed by atoms with Crippen LogP contribution in [0.5, 0.6) is 0 Å². The van der Waals surface area contributed by atoms with Crippen LogP contribution in [0.25, 0.3) is 49.4 Å². The molecule has 0 saturated heterocycles. The van der Waals surface area contributed by atoms with E-state index in [0.29, 0.717) is 0 Å². The van der Waals surface area contributed by atoms with Gasteiger partial charge in [0.15, 0.2) is 0 Å². The van der Waals surface area contributed by atoms with Crippen molar-refractivity contribution in [2.24, 2.45) is 0 Å². The van der Waals surface area contributed by atoms with Gasteiger partial charge in [-0.15, -0.1) is 0 Å². The molecule has 0 spiro atoms. The van der Waals surface area contributed by atoms with E-state index in [0.717, 1.165) is 17.1 Å². The zero-order valence-corrected chi connectivity index (χ0v) is 25.4. The van der Waals surface area contributed by atoms with Gasteiger partial charge in [0, 0.05) is 38.9 Å². The van der Waals surface area contributed by atoms with Gasteiger partial charge in [0.05, 0.1) is 11.0 Å². The molecule has 2 nitrogen and oxygen atoms in total. The molecule has 0 aliphatic heterocycles. The van der Waals surface area contributed by atoms with Gasteiger partial charge in [-0.2, -0.15) is 0 Å². The molecule has 214 valence electrons. The van der Waals surface area contributed by atoms with E-state index in [2.05, 4.69) is 181 Å². The molecule has 1 aliphatic rings. The largest absolute Gasteiger partial charge is 0.310 e. The maximum Gasteiger partial charge on any atom is 0.0542 e. The van der Waals surface area contributed by atoms with Gasteiger partial charge < -0.3 is 9.47 Å². The van der Waals surface area contributed by atoms with Crippen molar-refractivity contribution in [2.75, 3.05) is 4.90 Å². The predicted octanol–water partition coefficient (Wildman–Crippen LogP) is 11.7. The molecule has 1 heterocycles. The number of hydrogen-bond donors (Lipinski definition) is 0. The lowest BCUT2D eigenvalue weighted by Gasteiger charge is -2.26. The molecule has 8 aromatic rings. The molecule has 1 aromatic heterocycles. The maximum absolute atomic E-state index is 2.42. The number of anilines is 3. The summed E-state index contributed by atoms with van der Waals surface area (Å²) in [5.41, 5.74) is 12.5. The molecule has 0 atom stereocenters. The molecule has 45 heavy (non-hydrogen) atoms. The SMILES string of the molecule is CC1(C)c2ccccc2-c2cc3ccc(N(c4ccccc4)c4ccc5c(c4)c4ccccc4n5-c4ccccc4)cc3cc21. The van der Waals surface area contributed by atoms with Gasteiger partial charge >= 0.3 is 0 Å². The Morgan fingerprint density at radius 3 is 1.96 bits per heavy atom. The highest BCUT2D eigenvalue weighted by molar-refractivity contribution is 6.10. The van der Waals surface area contributed by atoms with E-state index in [1.54, 1.807) is 0 Å². The number of benzene rings is 7. The van der Waals surface area contributed by atoms with Crippen LogP contribution in [0.15, 0.2) is 158 Å². The first-order valence-corrected chi connectivity index (χ1v) is 15.7. The van der Waals surface area contributed by atoms with Crippen LogP contribution in [0.3, 0.4) is 0 Å². The molecule has 2 heteroatoms. The molecule has 0 unspecified atom stereocenters. The van der Waals surface area contributed by atoms with Crippen LogP contribution in [0.2, 0.25) is 0 Å². The molecular weight excluding hydrogens is 544 g/mol. The van der Waals surface area contributed by atoms with Crippen molar-refractivity contribution >= 4 is 49.6 Å². The third-order valence-corrected chi connectivity index (χ3v) is 9.73. The molecule has 0 N–H and O–H groups in total. The third-order valence-electron chi connectivity index (χ3n) is 9.73. The number of para-hydroxylation sites is 3. The van der Waals surface area contributed by atoms with E-state index in [-0.39, 0.29) is 5.41 Å². The number of hydrogen-bond acceptors (Lipinski definition) is 1. The summed E-state index contributed by atoms with van der Waals surface area (Å²) in [5, 5.41) is 5.02. The van der Waals surface area contributed by atoms with E-state index in [1.165, 1.54) is 60.5 Å². The minimum atomic E-state index is -0.0345. The van der Waals surface area contributed by atoms with Gasteiger partial charge in [-0.3, -0.25) is 0 Å². The first-order valence-electron chi connectivity index (χ1n) is 15.7. The number of rotatable bonds is 4. The highest BCUT2D eigenvalue weighted by atomic mass is 15.1. The van der Waals surface area contributed by atoms with Gasteiger partial charge in [0.1, 0.15) is 0 Å². The summed E-state index contributed by atoms with van der Waals surface area (Å²) >= 11 is 0. The van der Waals surface area contributed by atoms with Crippen molar-refractivity contribution in [3.05, 3.63) is 169 Å². The highest BCUT2D eigenvalue weighted by Gasteiger charge is 2.35. The van der Waals surface area contributed by atoms with Crippen molar-refractivity contribution in [2.45, 2.75) is 19.3 Å². The molecule has 0 amide bonds. The summed E-state index contributed by atoms with van der Waals surface area (Å²) in [5.74, 6) is 0. The summed E-state index contributed by atoms with van der Waals surface area (Å²) < 4.78 is 2.37. The van der Waals surface area contributed by atoms with Crippen LogP contribution in [0.1, 0.15) is 25.0 Å². The van der Waals surface area contributed by atoms with Crippen molar-refractivity contribution < 1.29 is 0 Å². The molecular formula is C43H32N2. The fourth-order valence-corrected chi connectivity index (χ4v) is 7.55. The lowest BCUT2D eigenvalue weighted by molar-refractivity contribution is 0.661. The van der Waals surface area contributed by atoms with Crippen LogP contribution in [-0.2, 0) is 5.41 Å². The average molecular weight is 577 g/mol. The fraction of sp³-hybridized carbons (Fsp3) is 0.0698. The second-order valence-corrected chi connectivity index (χ2v) is 12.7. The third kappa shape index (κ3) is 3.89. The first kappa shape index (κ1) is 25.9. The number of fused-ring (bicyclic) bond motifs is 7. The Morgan fingerprint density at radius 2 is 1.11 bits per heavy atom. The molecule has 0 saturated carbocycles.